The number of hydrogen-bond donors (Lipinski definition) is 2. The first-order chi connectivity index (χ1) is 12.0. The van der Waals surface area contributed by atoms with E-state index in [4.69, 9.17) is 9.26 Å². The second kappa shape index (κ2) is 6.92. The van der Waals surface area contributed by atoms with Gasteiger partial charge in [-0.2, -0.15) is 4.98 Å². The van der Waals surface area contributed by atoms with Gasteiger partial charge in [-0.1, -0.05) is 24.1 Å². The summed E-state index contributed by atoms with van der Waals surface area (Å²) in [5, 5.41) is 15.9. The van der Waals surface area contributed by atoms with E-state index in [0.29, 0.717) is 35.9 Å². The van der Waals surface area contributed by atoms with Crippen LogP contribution < -0.4 is 10.1 Å². The summed E-state index contributed by atoms with van der Waals surface area (Å²) >= 11 is 0. The van der Waals surface area contributed by atoms with Crippen molar-refractivity contribution in [2.24, 2.45) is 0 Å². The van der Waals surface area contributed by atoms with Gasteiger partial charge in [0, 0.05) is 12.5 Å². The molecule has 0 unspecified atom stereocenters. The van der Waals surface area contributed by atoms with Crippen LogP contribution in [0.4, 0.5) is 0 Å². The minimum Gasteiger partial charge on any atom is -0.485 e. The topological polar surface area (TPSA) is 115 Å². The lowest BCUT2D eigenvalue weighted by molar-refractivity contribution is -0.144. The molecule has 8 heteroatoms. The van der Waals surface area contributed by atoms with Gasteiger partial charge in [0.25, 0.3) is 5.91 Å². The SMILES string of the molecule is Cc1nc(COc2cccc(C(=O)NC3(C(=O)O)CCCC3)c2)no1. The molecule has 0 radical (unpaired) electrons. The summed E-state index contributed by atoms with van der Waals surface area (Å²) in [5.41, 5.74) is -0.829. The minimum atomic E-state index is -1.17. The van der Waals surface area contributed by atoms with Crippen LogP contribution in [0.25, 0.3) is 0 Å². The van der Waals surface area contributed by atoms with Crippen molar-refractivity contribution in [2.75, 3.05) is 0 Å². The molecule has 1 aromatic heterocycles. The highest BCUT2D eigenvalue weighted by Crippen LogP contribution is 2.30. The Morgan fingerprint density at radius 1 is 1.36 bits per heavy atom. The molecular weight excluding hydrogens is 326 g/mol. The van der Waals surface area contributed by atoms with E-state index < -0.39 is 17.4 Å². The van der Waals surface area contributed by atoms with Crippen molar-refractivity contribution in [3.8, 4) is 5.75 Å². The fourth-order valence-electron chi connectivity index (χ4n) is 2.94. The zero-order valence-corrected chi connectivity index (χ0v) is 13.8. The van der Waals surface area contributed by atoms with Gasteiger partial charge in [-0.3, -0.25) is 4.79 Å². The van der Waals surface area contributed by atoms with Gasteiger partial charge in [0.2, 0.25) is 11.7 Å². The second-order valence-electron chi connectivity index (χ2n) is 6.09. The number of nitrogens with zero attached hydrogens (tertiary/aromatic N) is 2. The van der Waals surface area contributed by atoms with Crippen molar-refractivity contribution in [1.82, 2.24) is 15.5 Å². The quantitative estimate of drug-likeness (QED) is 0.823. The fraction of sp³-hybridized carbons (Fsp3) is 0.412. The number of carbonyl (C=O) groups excluding carboxylic acids is 1. The first-order valence-corrected chi connectivity index (χ1v) is 8.06. The number of rotatable bonds is 6. The van der Waals surface area contributed by atoms with Crippen LogP contribution >= 0.6 is 0 Å². The number of aliphatic carboxylic acids is 1. The lowest BCUT2D eigenvalue weighted by Gasteiger charge is -2.25. The molecule has 0 atom stereocenters. The highest BCUT2D eigenvalue weighted by molar-refractivity contribution is 5.98. The first kappa shape index (κ1) is 16.9. The largest absolute Gasteiger partial charge is 0.485 e. The van der Waals surface area contributed by atoms with Crippen molar-refractivity contribution >= 4 is 11.9 Å². The van der Waals surface area contributed by atoms with Gasteiger partial charge in [0.05, 0.1) is 0 Å². The molecule has 1 saturated carbocycles. The Kier molecular flexibility index (Phi) is 4.69. The summed E-state index contributed by atoms with van der Waals surface area (Å²) in [7, 11) is 0. The van der Waals surface area contributed by atoms with E-state index in [1.807, 2.05) is 0 Å². The van der Waals surface area contributed by atoms with Gasteiger partial charge >= 0.3 is 5.97 Å². The normalized spacial score (nSPS) is 15.7. The molecule has 8 nitrogen and oxygen atoms in total. The van der Waals surface area contributed by atoms with Crippen LogP contribution in [-0.2, 0) is 11.4 Å². The molecule has 1 heterocycles. The van der Waals surface area contributed by atoms with E-state index in [-0.39, 0.29) is 6.61 Å². The summed E-state index contributed by atoms with van der Waals surface area (Å²) < 4.78 is 10.4. The number of carboxylic acids is 1. The van der Waals surface area contributed by atoms with Gasteiger partial charge in [-0.25, -0.2) is 4.79 Å². The molecule has 0 bridgehead atoms. The van der Waals surface area contributed by atoms with Gasteiger partial charge in [-0.05, 0) is 31.0 Å². The molecule has 1 aliphatic carbocycles. The third-order valence-electron chi connectivity index (χ3n) is 4.25. The van der Waals surface area contributed by atoms with E-state index in [1.54, 1.807) is 31.2 Å². The van der Waals surface area contributed by atoms with Crippen molar-refractivity contribution < 1.29 is 24.0 Å². The molecule has 3 rings (SSSR count). The van der Waals surface area contributed by atoms with Crippen LogP contribution in [0.1, 0.15) is 47.8 Å². The maximum Gasteiger partial charge on any atom is 0.329 e. The van der Waals surface area contributed by atoms with Gasteiger partial charge in [0.1, 0.15) is 11.3 Å². The standard InChI is InChI=1S/C17H19N3O5/c1-11-18-14(20-25-11)10-24-13-6-4-5-12(9-13)15(21)19-17(16(22)23)7-2-3-8-17/h4-6,9H,2-3,7-8,10H2,1H3,(H,19,21)(H,22,23). The first-order valence-electron chi connectivity index (χ1n) is 8.06. The van der Waals surface area contributed by atoms with E-state index in [9.17, 15) is 14.7 Å². The average molecular weight is 345 g/mol. The number of aryl methyl sites for hydroxylation is 1. The fourth-order valence-corrected chi connectivity index (χ4v) is 2.94. The van der Waals surface area contributed by atoms with Crippen LogP contribution in [0.3, 0.4) is 0 Å². The van der Waals surface area contributed by atoms with Gasteiger partial charge in [-0.15, -0.1) is 0 Å². The molecule has 132 valence electrons. The summed E-state index contributed by atoms with van der Waals surface area (Å²) in [4.78, 5) is 28.1. The summed E-state index contributed by atoms with van der Waals surface area (Å²) in [6, 6.07) is 6.55. The molecule has 0 saturated heterocycles. The van der Waals surface area contributed by atoms with E-state index in [2.05, 4.69) is 15.5 Å². The van der Waals surface area contributed by atoms with E-state index in [1.165, 1.54) is 0 Å². The monoisotopic (exact) mass is 345 g/mol. The Labute approximate surface area is 144 Å². The summed E-state index contributed by atoms with van der Waals surface area (Å²) in [6.07, 6.45) is 2.47. The maximum atomic E-state index is 12.5. The Bertz CT molecular complexity index is 780. The highest BCUT2D eigenvalue weighted by atomic mass is 16.5. The number of hydrogen-bond acceptors (Lipinski definition) is 6. The van der Waals surface area contributed by atoms with Crippen LogP contribution in [0.5, 0.6) is 5.75 Å². The molecule has 2 aromatic rings. The molecular formula is C17H19N3O5. The van der Waals surface area contributed by atoms with Gasteiger partial charge < -0.3 is 19.7 Å². The Morgan fingerprint density at radius 3 is 2.76 bits per heavy atom. The molecule has 0 aliphatic heterocycles. The van der Waals surface area contributed by atoms with Crippen molar-refractivity contribution in [1.29, 1.82) is 0 Å². The van der Waals surface area contributed by atoms with Crippen LogP contribution in [0, 0.1) is 6.92 Å². The summed E-state index contributed by atoms with van der Waals surface area (Å²) in [6.45, 7) is 1.80. The number of carbonyl (C=O) groups is 2. The predicted molar refractivity (Wildman–Crippen MR) is 86.1 cm³/mol. The number of amides is 1. The zero-order valence-electron chi connectivity index (χ0n) is 13.8. The molecule has 1 amide bonds. The lowest BCUT2D eigenvalue weighted by atomic mass is 9.97. The average Bonchev–Trinajstić information content (AvgIpc) is 3.23. The van der Waals surface area contributed by atoms with E-state index >= 15 is 0 Å². The number of nitrogens with one attached hydrogen (secondary N) is 1. The second-order valence-corrected chi connectivity index (χ2v) is 6.09. The van der Waals surface area contributed by atoms with Crippen LogP contribution in [0.2, 0.25) is 0 Å². The third kappa shape index (κ3) is 3.78. The van der Waals surface area contributed by atoms with Gasteiger partial charge in [0.15, 0.2) is 6.61 Å². The number of ether oxygens (including phenoxy) is 1. The Hall–Kier alpha value is -2.90. The minimum absolute atomic E-state index is 0.113. The molecule has 25 heavy (non-hydrogen) atoms. The number of benzene rings is 1. The van der Waals surface area contributed by atoms with Crippen LogP contribution in [0.15, 0.2) is 28.8 Å². The molecule has 1 aromatic carbocycles. The van der Waals surface area contributed by atoms with Crippen molar-refractivity contribution in [3.05, 3.63) is 41.5 Å². The highest BCUT2D eigenvalue weighted by Gasteiger charge is 2.42. The van der Waals surface area contributed by atoms with Crippen molar-refractivity contribution in [2.45, 2.75) is 44.8 Å². The lowest BCUT2D eigenvalue weighted by Crippen LogP contribution is -2.52. The molecule has 2 N–H and O–H groups in total. The Balaban J connectivity index is 1.68. The predicted octanol–water partition coefficient (Wildman–Crippen LogP) is 2.08. The Morgan fingerprint density at radius 2 is 2.12 bits per heavy atom. The number of carboxylic acid groups (broad SMARTS) is 1. The third-order valence-corrected chi connectivity index (χ3v) is 4.25. The molecule has 1 aliphatic rings. The van der Waals surface area contributed by atoms with E-state index in [0.717, 1.165) is 12.8 Å². The van der Waals surface area contributed by atoms with Crippen molar-refractivity contribution in [3.63, 3.8) is 0 Å². The maximum absolute atomic E-state index is 12.5. The smallest absolute Gasteiger partial charge is 0.329 e. The zero-order chi connectivity index (χ0) is 17.9. The molecule has 0 spiro atoms. The molecule has 1 fully saturated rings. The van der Waals surface area contributed by atoms with Crippen LogP contribution in [-0.4, -0.2) is 32.7 Å². The number of aromatic nitrogens is 2. The summed E-state index contributed by atoms with van der Waals surface area (Å²) in [5.74, 6) is -0.0975.